The van der Waals surface area contributed by atoms with Gasteiger partial charge in [0.25, 0.3) is 0 Å². The van der Waals surface area contributed by atoms with Gasteiger partial charge in [-0.1, -0.05) is 12.1 Å². The van der Waals surface area contributed by atoms with Gasteiger partial charge in [-0.05, 0) is 82.6 Å². The molecule has 2 aliphatic rings. The number of hydrogen-bond acceptors (Lipinski definition) is 9. The van der Waals surface area contributed by atoms with E-state index < -0.39 is 11.6 Å². The number of amides is 3. The van der Waals surface area contributed by atoms with Crippen LogP contribution >= 0.6 is 0 Å². The first-order chi connectivity index (χ1) is 24.5. The minimum Gasteiger partial charge on any atom is -0.370 e. The molecule has 0 bridgehead atoms. The van der Waals surface area contributed by atoms with Crippen LogP contribution in [0.3, 0.4) is 0 Å². The minimum atomic E-state index is -0.662. The Morgan fingerprint density at radius 2 is 1.69 bits per heavy atom. The van der Waals surface area contributed by atoms with Gasteiger partial charge in [-0.25, -0.2) is 33.5 Å². The molecule has 2 aromatic carbocycles. The molecule has 0 unspecified atom stereocenters. The third kappa shape index (κ3) is 7.09. The molecule has 0 spiro atoms. The third-order valence-electron chi connectivity index (χ3n) is 9.63. The van der Waals surface area contributed by atoms with E-state index in [1.54, 1.807) is 17.2 Å². The highest BCUT2D eigenvalue weighted by molar-refractivity contribution is 6.05. The average Bonchev–Trinajstić information content (AvgIpc) is 3.46. The Hall–Kier alpha value is -5.50. The van der Waals surface area contributed by atoms with E-state index in [0.717, 1.165) is 55.6 Å². The maximum atomic E-state index is 15.1. The van der Waals surface area contributed by atoms with Crippen LogP contribution in [0.25, 0.3) is 22.3 Å². The molecule has 12 nitrogen and oxygen atoms in total. The highest BCUT2D eigenvalue weighted by Gasteiger charge is 2.26. The summed E-state index contributed by atoms with van der Waals surface area (Å²) in [6.45, 7) is 8.73. The molecule has 2 fully saturated rings. The fraction of sp³-hybridized carbons (Fsp3) is 0.351. The summed E-state index contributed by atoms with van der Waals surface area (Å²) in [4.78, 5) is 47.3. The van der Waals surface area contributed by atoms with E-state index in [4.69, 9.17) is 0 Å². The lowest BCUT2D eigenvalue weighted by Gasteiger charge is -2.37. The number of nitrogens with one attached hydrogen (secondary N) is 2. The first-order valence-electron chi connectivity index (χ1n) is 17.1. The largest absolute Gasteiger partial charge is 0.370 e. The van der Waals surface area contributed by atoms with Crippen LogP contribution in [0.2, 0.25) is 0 Å². The molecule has 7 rings (SSSR count). The number of halogens is 2. The summed E-state index contributed by atoms with van der Waals surface area (Å²) in [6, 6.07) is 14.8. The van der Waals surface area contributed by atoms with Gasteiger partial charge >= 0.3 is 6.03 Å². The van der Waals surface area contributed by atoms with E-state index in [0.29, 0.717) is 41.7 Å². The van der Waals surface area contributed by atoms with Crippen LogP contribution in [0.15, 0.2) is 60.9 Å². The summed E-state index contributed by atoms with van der Waals surface area (Å²) in [5.41, 5.74) is 4.03. The second-order valence-corrected chi connectivity index (χ2v) is 13.4. The molecule has 3 aromatic heterocycles. The maximum Gasteiger partial charge on any atom is 0.328 e. The number of aromatic nitrogens is 5. The molecule has 14 heteroatoms. The molecule has 264 valence electrons. The van der Waals surface area contributed by atoms with E-state index in [1.807, 2.05) is 61.7 Å². The number of aryl methyl sites for hydroxylation is 1. The van der Waals surface area contributed by atoms with Crippen molar-refractivity contribution in [2.24, 2.45) is 0 Å². The minimum absolute atomic E-state index is 0.0193. The Morgan fingerprint density at radius 1 is 0.941 bits per heavy atom. The molecule has 2 aliphatic heterocycles. The topological polar surface area (TPSA) is 124 Å². The summed E-state index contributed by atoms with van der Waals surface area (Å²) in [5.74, 6) is -0.116. The number of urea groups is 1. The molecular weight excluding hydrogens is 654 g/mol. The zero-order valence-corrected chi connectivity index (χ0v) is 29.0. The van der Waals surface area contributed by atoms with Crippen LogP contribution in [0, 0.1) is 18.6 Å². The Bertz CT molecular complexity index is 2080. The Morgan fingerprint density at radius 3 is 2.37 bits per heavy atom. The summed E-state index contributed by atoms with van der Waals surface area (Å²) >= 11 is 0. The number of carbonyl (C=O) groups is 2. The molecule has 0 saturated carbocycles. The van der Waals surface area contributed by atoms with Crippen molar-refractivity contribution in [3.05, 3.63) is 83.9 Å². The molecule has 0 aliphatic carbocycles. The Labute approximate surface area is 294 Å². The molecule has 0 radical (unpaired) electrons. The van der Waals surface area contributed by atoms with Crippen LogP contribution in [0.5, 0.6) is 0 Å². The number of fused-ring (bicyclic) bond motifs is 1. The number of imidazole rings is 1. The van der Waals surface area contributed by atoms with E-state index >= 15 is 4.39 Å². The van der Waals surface area contributed by atoms with Gasteiger partial charge < -0.3 is 14.8 Å². The van der Waals surface area contributed by atoms with Crippen LogP contribution in [-0.2, 0) is 11.3 Å². The van der Waals surface area contributed by atoms with Gasteiger partial charge in [0.1, 0.15) is 22.9 Å². The van der Waals surface area contributed by atoms with E-state index in [9.17, 15) is 14.0 Å². The fourth-order valence-corrected chi connectivity index (χ4v) is 7.02. The van der Waals surface area contributed by atoms with E-state index in [-0.39, 0.29) is 35.1 Å². The lowest BCUT2D eigenvalue weighted by molar-refractivity contribution is -0.120. The molecule has 51 heavy (non-hydrogen) atoms. The summed E-state index contributed by atoms with van der Waals surface area (Å²) in [5, 5.41) is 5.42. The van der Waals surface area contributed by atoms with Crippen molar-refractivity contribution in [1.29, 1.82) is 0 Å². The molecule has 3 amide bonds. The highest BCUT2D eigenvalue weighted by Crippen LogP contribution is 2.31. The number of benzene rings is 2. The lowest BCUT2D eigenvalue weighted by Crippen LogP contribution is -2.49. The molecule has 5 aromatic rings. The molecule has 2 saturated heterocycles. The molecule has 0 atom stereocenters. The Balaban J connectivity index is 0.953. The lowest BCUT2D eigenvalue weighted by atomic mass is 10.0. The van der Waals surface area contributed by atoms with Crippen LogP contribution < -0.4 is 20.4 Å². The zero-order chi connectivity index (χ0) is 35.8. The number of nitrogens with zero attached hydrogens (tertiary/aromatic N) is 8. The van der Waals surface area contributed by atoms with Crippen molar-refractivity contribution in [3.8, 4) is 11.3 Å². The monoisotopic (exact) mass is 694 g/mol. The number of imide groups is 1. The quantitative estimate of drug-likeness (QED) is 0.182. The van der Waals surface area contributed by atoms with Crippen molar-refractivity contribution >= 4 is 46.1 Å². The first-order valence-corrected chi connectivity index (χ1v) is 17.1. The second-order valence-electron chi connectivity index (χ2n) is 13.4. The van der Waals surface area contributed by atoms with Gasteiger partial charge in [-0.3, -0.25) is 19.9 Å². The number of pyridine rings is 1. The van der Waals surface area contributed by atoms with Gasteiger partial charge in [0.2, 0.25) is 11.9 Å². The summed E-state index contributed by atoms with van der Waals surface area (Å²) in [6.07, 6.45) is 5.16. The normalized spacial score (nSPS) is 15.7. The third-order valence-corrected chi connectivity index (χ3v) is 9.63. The Kier molecular flexibility index (Phi) is 9.34. The maximum absolute atomic E-state index is 15.1. The highest BCUT2D eigenvalue weighted by atomic mass is 19.1. The van der Waals surface area contributed by atoms with Gasteiger partial charge in [0.05, 0.1) is 23.6 Å². The number of hydrogen-bond donors (Lipinski definition) is 2. The van der Waals surface area contributed by atoms with Gasteiger partial charge in [-0.15, -0.1) is 0 Å². The first kappa shape index (κ1) is 34.0. The van der Waals surface area contributed by atoms with Gasteiger partial charge in [0.15, 0.2) is 11.6 Å². The van der Waals surface area contributed by atoms with Gasteiger partial charge in [0, 0.05) is 55.9 Å². The molecular formula is C37H40F2N10O2. The fourth-order valence-electron chi connectivity index (χ4n) is 7.02. The predicted molar refractivity (Wildman–Crippen MR) is 192 cm³/mol. The number of piperidine rings is 1. The van der Waals surface area contributed by atoms with Crippen molar-refractivity contribution in [1.82, 2.24) is 34.7 Å². The van der Waals surface area contributed by atoms with Crippen LogP contribution in [-0.4, -0.2) is 74.1 Å². The van der Waals surface area contributed by atoms with Crippen molar-refractivity contribution in [2.45, 2.75) is 58.7 Å². The van der Waals surface area contributed by atoms with Crippen molar-refractivity contribution in [2.75, 3.05) is 41.8 Å². The SMILES string of the molecule is Cc1nc2c(F)cc(-c3nc(Nc4ccc(N5CCC(N(C)Cc6ccc(N7CCC(=O)NC7=O)cc6)CC5)cn4)ncc3F)cc2n1C(C)C. The predicted octanol–water partition coefficient (Wildman–Crippen LogP) is 6.35. The summed E-state index contributed by atoms with van der Waals surface area (Å²) in [7, 11) is 2.14. The number of anilines is 4. The van der Waals surface area contributed by atoms with E-state index in [2.05, 4.69) is 47.4 Å². The molecule has 5 heterocycles. The smallest absolute Gasteiger partial charge is 0.328 e. The van der Waals surface area contributed by atoms with Gasteiger partial charge in [-0.2, -0.15) is 0 Å². The number of carbonyl (C=O) groups excluding carboxylic acids is 2. The summed E-state index contributed by atoms with van der Waals surface area (Å²) < 4.78 is 32.0. The van der Waals surface area contributed by atoms with Crippen molar-refractivity contribution < 1.29 is 18.4 Å². The van der Waals surface area contributed by atoms with E-state index in [1.165, 1.54) is 6.07 Å². The van der Waals surface area contributed by atoms with Crippen molar-refractivity contribution in [3.63, 3.8) is 0 Å². The van der Waals surface area contributed by atoms with Crippen LogP contribution in [0.4, 0.5) is 36.7 Å². The molecule has 2 N–H and O–H groups in total. The zero-order valence-electron chi connectivity index (χ0n) is 29.0. The average molecular weight is 695 g/mol. The number of rotatable bonds is 9. The van der Waals surface area contributed by atoms with Crippen LogP contribution in [0.1, 0.15) is 50.5 Å². The standard InChI is InChI=1S/C37H40F2N10O2/c1-22(2)49-23(3)42-35-29(38)17-25(18-31(35)49)34-30(39)20-41-36(45-34)43-32-10-9-28(19-40-32)47-14-11-26(12-15-47)46(4)21-24-5-7-27(8-6-24)48-16-13-33(50)44-37(48)51/h5-10,17-20,22,26H,11-16,21H2,1-4H3,(H,44,50,51)(H,40,41,43,45). The second kappa shape index (κ2) is 14.0.